The van der Waals surface area contributed by atoms with Crippen LogP contribution in [0.1, 0.15) is 36.3 Å². The molecule has 0 radical (unpaired) electrons. The first-order valence-corrected chi connectivity index (χ1v) is 7.40. The van der Waals surface area contributed by atoms with E-state index in [1.54, 1.807) is 19.3 Å². The molecule has 0 bridgehead atoms. The van der Waals surface area contributed by atoms with Gasteiger partial charge in [0.2, 0.25) is 11.5 Å². The first kappa shape index (κ1) is 15.5. The second kappa shape index (κ2) is 5.66. The van der Waals surface area contributed by atoms with E-state index < -0.39 is 5.60 Å². The molecule has 0 fully saturated rings. The van der Waals surface area contributed by atoms with Crippen LogP contribution in [-0.2, 0) is 4.74 Å². The molecule has 2 heterocycles. The van der Waals surface area contributed by atoms with Crippen LogP contribution in [0.25, 0.3) is 17.2 Å². The van der Waals surface area contributed by atoms with Crippen LogP contribution in [0.5, 0.6) is 5.75 Å². The molecule has 5 nitrogen and oxygen atoms in total. The average molecular weight is 313 g/mol. The van der Waals surface area contributed by atoms with E-state index in [1.165, 1.54) is 13.4 Å². The van der Waals surface area contributed by atoms with Gasteiger partial charge in [0, 0.05) is 19.1 Å². The second-order valence-electron chi connectivity index (χ2n) is 5.79. The number of hydrogen-bond acceptors (Lipinski definition) is 5. The molecule has 0 saturated carbocycles. The first-order chi connectivity index (χ1) is 11.0. The number of ether oxygens (including phenoxy) is 2. The van der Waals surface area contributed by atoms with Gasteiger partial charge in [-0.05, 0) is 32.1 Å². The fourth-order valence-electron chi connectivity index (χ4n) is 2.78. The standard InChI is InChI=1S/C18H19NO4/c1-11(2)5-8-18(22-4)9-6-12-14(16(18)20)19-17-13(7-10-23-17)15(12)21-3/h5-7,9-10H,8H2,1-4H3. The number of ketones is 1. The minimum absolute atomic E-state index is 0.188. The molecule has 0 aliphatic heterocycles. The normalized spacial score (nSPS) is 19.7. The van der Waals surface area contributed by atoms with E-state index >= 15 is 0 Å². The molecular formula is C18H19NO4. The molecule has 2 aromatic rings. The molecule has 0 saturated heterocycles. The number of nitrogens with zero attached hydrogens (tertiary/aromatic N) is 1. The van der Waals surface area contributed by atoms with Gasteiger partial charge in [0.25, 0.3) is 0 Å². The van der Waals surface area contributed by atoms with Gasteiger partial charge in [-0.25, -0.2) is 4.98 Å². The maximum absolute atomic E-state index is 13.1. The molecule has 5 heteroatoms. The van der Waals surface area contributed by atoms with Crippen molar-refractivity contribution in [2.75, 3.05) is 14.2 Å². The summed E-state index contributed by atoms with van der Waals surface area (Å²) in [5.41, 5.74) is 1.45. The van der Waals surface area contributed by atoms with Gasteiger partial charge in [0.1, 0.15) is 11.4 Å². The summed E-state index contributed by atoms with van der Waals surface area (Å²) in [6, 6.07) is 1.78. The highest BCUT2D eigenvalue weighted by molar-refractivity contribution is 6.10. The van der Waals surface area contributed by atoms with Gasteiger partial charge < -0.3 is 13.9 Å². The number of allylic oxidation sites excluding steroid dienone is 1. The zero-order chi connectivity index (χ0) is 16.6. The minimum Gasteiger partial charge on any atom is -0.495 e. The molecule has 23 heavy (non-hydrogen) atoms. The number of rotatable bonds is 4. The fraction of sp³-hybridized carbons (Fsp3) is 0.333. The third-order valence-corrected chi connectivity index (χ3v) is 4.10. The lowest BCUT2D eigenvalue weighted by Gasteiger charge is -2.30. The molecular weight excluding hydrogens is 294 g/mol. The van der Waals surface area contributed by atoms with Crippen molar-refractivity contribution in [3.8, 4) is 5.75 Å². The van der Waals surface area contributed by atoms with Crippen molar-refractivity contribution >= 4 is 23.0 Å². The number of carbonyl (C=O) groups excluding carboxylic acids is 1. The third kappa shape index (κ3) is 2.37. The summed E-state index contributed by atoms with van der Waals surface area (Å²) < 4.78 is 16.4. The lowest BCUT2D eigenvalue weighted by Crippen LogP contribution is -2.41. The van der Waals surface area contributed by atoms with E-state index in [0.29, 0.717) is 29.1 Å². The van der Waals surface area contributed by atoms with Gasteiger partial charge in [-0.15, -0.1) is 0 Å². The Morgan fingerprint density at radius 1 is 1.39 bits per heavy atom. The lowest BCUT2D eigenvalue weighted by atomic mass is 9.84. The van der Waals surface area contributed by atoms with Crippen LogP contribution in [0.3, 0.4) is 0 Å². The Hall–Kier alpha value is -2.40. The van der Waals surface area contributed by atoms with Gasteiger partial charge in [-0.1, -0.05) is 11.6 Å². The van der Waals surface area contributed by atoms with Crippen molar-refractivity contribution in [1.82, 2.24) is 4.98 Å². The van der Waals surface area contributed by atoms with Crippen LogP contribution in [0.15, 0.2) is 34.5 Å². The number of furan rings is 1. The van der Waals surface area contributed by atoms with Crippen molar-refractivity contribution in [3.05, 3.63) is 41.3 Å². The van der Waals surface area contributed by atoms with Gasteiger partial charge >= 0.3 is 0 Å². The van der Waals surface area contributed by atoms with Crippen LogP contribution in [0.4, 0.5) is 0 Å². The van der Waals surface area contributed by atoms with Gasteiger partial charge in [0.05, 0.1) is 18.8 Å². The summed E-state index contributed by atoms with van der Waals surface area (Å²) in [5, 5.41) is 0.748. The Kier molecular flexibility index (Phi) is 3.82. The largest absolute Gasteiger partial charge is 0.495 e. The zero-order valence-electron chi connectivity index (χ0n) is 13.7. The molecule has 1 atom stereocenters. The van der Waals surface area contributed by atoms with Crippen LogP contribution < -0.4 is 4.74 Å². The number of aromatic nitrogens is 1. The summed E-state index contributed by atoms with van der Waals surface area (Å²) in [6.45, 7) is 3.98. The predicted molar refractivity (Wildman–Crippen MR) is 87.7 cm³/mol. The van der Waals surface area contributed by atoms with Crippen molar-refractivity contribution in [2.24, 2.45) is 0 Å². The van der Waals surface area contributed by atoms with Crippen LogP contribution in [0.2, 0.25) is 0 Å². The first-order valence-electron chi connectivity index (χ1n) is 7.40. The van der Waals surface area contributed by atoms with E-state index in [0.717, 1.165) is 11.0 Å². The monoisotopic (exact) mass is 313 g/mol. The van der Waals surface area contributed by atoms with Gasteiger partial charge in [0.15, 0.2) is 5.60 Å². The number of Topliss-reactive ketones (excluding diaryl/α,β-unsaturated/α-hetero) is 1. The molecule has 0 aromatic carbocycles. The zero-order valence-corrected chi connectivity index (χ0v) is 13.7. The molecule has 0 amide bonds. The summed E-state index contributed by atoms with van der Waals surface area (Å²) >= 11 is 0. The fourth-order valence-corrected chi connectivity index (χ4v) is 2.78. The van der Waals surface area contributed by atoms with Crippen LogP contribution in [-0.4, -0.2) is 30.6 Å². The molecule has 120 valence electrons. The average Bonchev–Trinajstić information content (AvgIpc) is 3.01. The van der Waals surface area contributed by atoms with Crippen molar-refractivity contribution in [1.29, 1.82) is 0 Å². The molecule has 3 rings (SSSR count). The molecule has 1 unspecified atom stereocenters. The number of methoxy groups -OCH3 is 2. The second-order valence-corrected chi connectivity index (χ2v) is 5.79. The maximum Gasteiger partial charge on any atom is 0.230 e. The van der Waals surface area contributed by atoms with Crippen LogP contribution >= 0.6 is 0 Å². The minimum atomic E-state index is -1.04. The van der Waals surface area contributed by atoms with Crippen molar-refractivity contribution in [2.45, 2.75) is 25.9 Å². The van der Waals surface area contributed by atoms with E-state index in [4.69, 9.17) is 13.9 Å². The number of pyridine rings is 1. The topological polar surface area (TPSA) is 61.6 Å². The molecule has 1 aliphatic rings. The SMILES string of the molecule is COc1c2c(nc3occc13)C(=O)C(CC=C(C)C)(OC)C=C2. The quantitative estimate of drug-likeness (QED) is 0.804. The lowest BCUT2D eigenvalue weighted by molar-refractivity contribution is 0.0289. The predicted octanol–water partition coefficient (Wildman–Crippen LogP) is 3.79. The molecule has 2 aromatic heterocycles. The van der Waals surface area contributed by atoms with Gasteiger partial charge in [-0.3, -0.25) is 4.79 Å². The van der Waals surface area contributed by atoms with Crippen LogP contribution in [0, 0.1) is 0 Å². The summed E-state index contributed by atoms with van der Waals surface area (Å²) in [7, 11) is 3.11. The van der Waals surface area contributed by atoms with E-state index in [-0.39, 0.29) is 5.78 Å². The highest BCUT2D eigenvalue weighted by Gasteiger charge is 2.41. The van der Waals surface area contributed by atoms with E-state index in [2.05, 4.69) is 4.98 Å². The maximum atomic E-state index is 13.1. The van der Waals surface area contributed by atoms with E-state index in [9.17, 15) is 4.79 Å². The Bertz CT molecular complexity index is 827. The molecule has 0 N–H and O–H groups in total. The summed E-state index contributed by atoms with van der Waals surface area (Å²) in [4.78, 5) is 17.4. The third-order valence-electron chi connectivity index (χ3n) is 4.10. The Morgan fingerprint density at radius 2 is 2.17 bits per heavy atom. The van der Waals surface area contributed by atoms with Crippen molar-refractivity contribution < 1.29 is 18.7 Å². The Morgan fingerprint density at radius 3 is 2.83 bits per heavy atom. The molecule has 1 aliphatic carbocycles. The number of fused-ring (bicyclic) bond motifs is 2. The highest BCUT2D eigenvalue weighted by Crippen LogP contribution is 2.39. The Labute approximate surface area is 134 Å². The smallest absolute Gasteiger partial charge is 0.230 e. The number of carbonyl (C=O) groups is 1. The van der Waals surface area contributed by atoms with Crippen molar-refractivity contribution in [3.63, 3.8) is 0 Å². The van der Waals surface area contributed by atoms with E-state index in [1.807, 2.05) is 26.0 Å². The summed E-state index contributed by atoms with van der Waals surface area (Å²) in [5.74, 6) is 0.405. The molecule has 0 spiro atoms. The Balaban J connectivity index is 2.18. The number of hydrogen-bond donors (Lipinski definition) is 0. The van der Waals surface area contributed by atoms with Gasteiger partial charge in [-0.2, -0.15) is 0 Å². The highest BCUT2D eigenvalue weighted by atomic mass is 16.5. The summed E-state index contributed by atoms with van der Waals surface area (Å²) in [6.07, 6.45) is 7.61.